The van der Waals surface area contributed by atoms with Crippen molar-refractivity contribution in [3.05, 3.63) is 93.0 Å². The molecular formula is C31H30BrF2N5O3S2. The molecule has 2 aromatic heterocycles. The summed E-state index contributed by atoms with van der Waals surface area (Å²) >= 11 is 4.90. The molecule has 0 aliphatic heterocycles. The normalized spacial score (nSPS) is 12.5. The van der Waals surface area contributed by atoms with E-state index < -0.39 is 20.9 Å². The summed E-state index contributed by atoms with van der Waals surface area (Å²) in [7, 11) is -3.15. The van der Waals surface area contributed by atoms with Crippen molar-refractivity contribution in [2.45, 2.75) is 38.7 Å². The lowest BCUT2D eigenvalue weighted by Crippen LogP contribution is -2.28. The highest BCUT2D eigenvalue weighted by atomic mass is 79.9. The summed E-state index contributed by atoms with van der Waals surface area (Å²) < 4.78 is 59.5. The highest BCUT2D eigenvalue weighted by Crippen LogP contribution is 2.34. The number of nitrogens with one attached hydrogen (secondary N) is 2. The molecule has 44 heavy (non-hydrogen) atoms. The summed E-state index contributed by atoms with van der Waals surface area (Å²) in [6.45, 7) is 5.73. The summed E-state index contributed by atoms with van der Waals surface area (Å²) in [5.41, 5.74) is 2.61. The lowest BCUT2D eigenvalue weighted by atomic mass is 10.1. The Morgan fingerprint density at radius 2 is 1.86 bits per heavy atom. The van der Waals surface area contributed by atoms with Gasteiger partial charge in [0.2, 0.25) is 0 Å². The van der Waals surface area contributed by atoms with Crippen LogP contribution in [0.2, 0.25) is 0 Å². The Bertz CT molecular complexity index is 1900. The highest BCUT2D eigenvalue weighted by molar-refractivity contribution is 9.10. The lowest BCUT2D eigenvalue weighted by molar-refractivity contribution is 0.303. The number of sulfone groups is 1. The Hall–Kier alpha value is -3.52. The summed E-state index contributed by atoms with van der Waals surface area (Å²) in [5.74, 6) is 0.308. The van der Waals surface area contributed by atoms with Crippen molar-refractivity contribution < 1.29 is 21.9 Å². The van der Waals surface area contributed by atoms with Gasteiger partial charge in [-0.25, -0.2) is 32.2 Å². The van der Waals surface area contributed by atoms with Crippen molar-refractivity contribution in [1.29, 1.82) is 0 Å². The van der Waals surface area contributed by atoms with E-state index in [9.17, 15) is 12.8 Å². The number of aromatic nitrogens is 3. The fourth-order valence-electron chi connectivity index (χ4n) is 4.34. The van der Waals surface area contributed by atoms with Crippen LogP contribution in [0.3, 0.4) is 0 Å². The van der Waals surface area contributed by atoms with Crippen LogP contribution >= 0.6 is 27.3 Å². The third-order valence-electron chi connectivity index (χ3n) is 6.93. The van der Waals surface area contributed by atoms with Gasteiger partial charge in [0.1, 0.15) is 41.1 Å². The van der Waals surface area contributed by atoms with Crippen LogP contribution in [-0.2, 0) is 16.4 Å². The van der Waals surface area contributed by atoms with Gasteiger partial charge in [-0.05, 0) is 78.7 Å². The summed E-state index contributed by atoms with van der Waals surface area (Å²) in [6.07, 6.45) is 1.36. The van der Waals surface area contributed by atoms with Gasteiger partial charge in [-0.1, -0.05) is 12.1 Å². The molecule has 13 heteroatoms. The van der Waals surface area contributed by atoms with E-state index in [-0.39, 0.29) is 24.2 Å². The molecule has 0 fully saturated rings. The van der Waals surface area contributed by atoms with Gasteiger partial charge < -0.3 is 15.4 Å². The average molecular weight is 703 g/mol. The highest BCUT2D eigenvalue weighted by Gasteiger charge is 2.19. The standard InChI is InChI=1S/C31H30BrF2N5O3S2/c1-18(2)44(40,41)10-9-35-19(3)31-39-28(16-43-31)23-13-24-27(14-26(23)34)36-17-37-30(24)38-22-7-8-29(25(32)12-22)42-15-20-5-4-6-21(33)11-20/h4-8,11-14,16-19,35H,9-10,15H2,1-3H3,(H,36,37,38). The lowest BCUT2D eigenvalue weighted by Gasteiger charge is -2.13. The van der Waals surface area contributed by atoms with Crippen molar-refractivity contribution in [1.82, 2.24) is 20.3 Å². The van der Waals surface area contributed by atoms with Gasteiger partial charge in [0.25, 0.3) is 0 Å². The van der Waals surface area contributed by atoms with Crippen molar-refractivity contribution in [3.8, 4) is 17.0 Å². The molecule has 0 saturated carbocycles. The number of hydrogen-bond acceptors (Lipinski definition) is 9. The Balaban J connectivity index is 1.32. The minimum Gasteiger partial charge on any atom is -0.488 e. The molecule has 2 heterocycles. The van der Waals surface area contributed by atoms with Gasteiger partial charge in [0.05, 0.1) is 32.7 Å². The van der Waals surface area contributed by atoms with Crippen LogP contribution in [0.15, 0.2) is 70.8 Å². The smallest absolute Gasteiger partial charge is 0.153 e. The van der Waals surface area contributed by atoms with E-state index in [1.54, 1.807) is 43.5 Å². The van der Waals surface area contributed by atoms with Gasteiger partial charge in [0.15, 0.2) is 9.84 Å². The van der Waals surface area contributed by atoms with Crippen molar-refractivity contribution >= 4 is 59.5 Å². The SMILES string of the molecule is CC(NCCS(=O)(=O)C(C)C)c1nc(-c2cc3c(Nc4ccc(OCc5cccc(F)c5)c(Br)c4)ncnc3cc2F)cs1. The second-order valence-corrected chi connectivity index (χ2v) is 14.8. The second kappa shape index (κ2) is 13.6. The largest absolute Gasteiger partial charge is 0.488 e. The van der Waals surface area contributed by atoms with E-state index in [0.29, 0.717) is 61.0 Å². The Morgan fingerprint density at radius 3 is 2.61 bits per heavy atom. The number of anilines is 2. The summed E-state index contributed by atoms with van der Waals surface area (Å²) in [6, 6.07) is 14.5. The van der Waals surface area contributed by atoms with Crippen LogP contribution in [0, 0.1) is 11.6 Å². The number of ether oxygens (including phenoxy) is 1. The summed E-state index contributed by atoms with van der Waals surface area (Å²) in [5, 5.41) is 9.14. The monoisotopic (exact) mass is 701 g/mol. The van der Waals surface area contributed by atoms with E-state index >= 15 is 4.39 Å². The average Bonchev–Trinajstić information content (AvgIpc) is 3.47. The van der Waals surface area contributed by atoms with Gasteiger partial charge >= 0.3 is 0 Å². The van der Waals surface area contributed by atoms with E-state index in [1.165, 1.54) is 35.9 Å². The van der Waals surface area contributed by atoms with Crippen molar-refractivity contribution in [3.63, 3.8) is 0 Å². The minimum atomic E-state index is -3.15. The number of thiazole rings is 1. The molecule has 0 radical (unpaired) electrons. The second-order valence-electron chi connectivity index (χ2n) is 10.4. The zero-order valence-electron chi connectivity index (χ0n) is 24.1. The van der Waals surface area contributed by atoms with Gasteiger partial charge in [0, 0.05) is 34.6 Å². The van der Waals surface area contributed by atoms with Crippen molar-refractivity contribution in [2.75, 3.05) is 17.6 Å². The number of benzene rings is 3. The number of rotatable bonds is 12. The zero-order valence-corrected chi connectivity index (χ0v) is 27.4. The molecule has 0 aliphatic carbocycles. The minimum absolute atomic E-state index is 0.0313. The maximum atomic E-state index is 15.3. The van der Waals surface area contributed by atoms with Gasteiger partial charge in [-0.3, -0.25) is 0 Å². The fourth-order valence-corrected chi connectivity index (χ4v) is 6.56. The first kappa shape index (κ1) is 31.9. The molecule has 0 bridgehead atoms. The van der Waals surface area contributed by atoms with Crippen LogP contribution in [0.5, 0.6) is 5.75 Å². The fraction of sp³-hybridized carbons (Fsp3) is 0.258. The van der Waals surface area contributed by atoms with Crippen LogP contribution in [0.25, 0.3) is 22.2 Å². The van der Waals surface area contributed by atoms with Crippen LogP contribution < -0.4 is 15.4 Å². The summed E-state index contributed by atoms with van der Waals surface area (Å²) in [4.78, 5) is 13.3. The molecule has 5 rings (SSSR count). The van der Waals surface area contributed by atoms with Crippen molar-refractivity contribution in [2.24, 2.45) is 0 Å². The first-order valence-corrected chi connectivity index (χ1v) is 17.2. The molecule has 0 spiro atoms. The predicted octanol–water partition coefficient (Wildman–Crippen LogP) is 7.59. The van der Waals surface area contributed by atoms with Crippen LogP contribution in [0.1, 0.15) is 37.4 Å². The number of fused-ring (bicyclic) bond motifs is 1. The molecule has 0 aliphatic rings. The number of nitrogens with zero attached hydrogens (tertiary/aromatic N) is 3. The molecule has 2 N–H and O–H groups in total. The maximum absolute atomic E-state index is 15.3. The quantitative estimate of drug-likeness (QED) is 0.137. The Labute approximate surface area is 267 Å². The van der Waals surface area contributed by atoms with E-state index in [1.807, 2.05) is 19.1 Å². The molecule has 1 unspecified atom stereocenters. The van der Waals surface area contributed by atoms with Crippen LogP contribution in [-0.4, -0.2) is 40.9 Å². The Kier molecular flexibility index (Phi) is 9.88. The zero-order chi connectivity index (χ0) is 31.4. The topological polar surface area (TPSA) is 106 Å². The van der Waals surface area contributed by atoms with E-state index in [2.05, 4.69) is 41.5 Å². The molecule has 3 aromatic carbocycles. The Morgan fingerprint density at radius 1 is 1.05 bits per heavy atom. The van der Waals surface area contributed by atoms with E-state index in [0.717, 1.165) is 0 Å². The third kappa shape index (κ3) is 7.57. The molecule has 1 atom stereocenters. The first-order valence-electron chi connectivity index (χ1n) is 13.8. The molecular weight excluding hydrogens is 672 g/mol. The molecule has 8 nitrogen and oxygen atoms in total. The third-order valence-corrected chi connectivity index (χ3v) is 10.8. The molecule has 0 saturated heterocycles. The molecule has 0 amide bonds. The molecule has 5 aromatic rings. The number of halogens is 3. The van der Waals surface area contributed by atoms with Crippen LogP contribution in [0.4, 0.5) is 20.3 Å². The number of hydrogen-bond donors (Lipinski definition) is 2. The van der Waals surface area contributed by atoms with Gasteiger partial charge in [-0.15, -0.1) is 11.3 Å². The van der Waals surface area contributed by atoms with Gasteiger partial charge in [-0.2, -0.15) is 0 Å². The predicted molar refractivity (Wildman–Crippen MR) is 174 cm³/mol. The molecule has 230 valence electrons. The van der Waals surface area contributed by atoms with E-state index in [4.69, 9.17) is 4.74 Å². The maximum Gasteiger partial charge on any atom is 0.153 e. The first-order chi connectivity index (χ1) is 21.0.